The number of nitrogens with one attached hydrogen (secondary N) is 1. The number of aromatic hydroxyl groups is 1. The van der Waals surface area contributed by atoms with Crippen LogP contribution in [0.4, 0.5) is 5.69 Å². The smallest absolute Gasteiger partial charge is 0.251 e. The van der Waals surface area contributed by atoms with E-state index in [1.807, 2.05) is 41.5 Å². The maximum Gasteiger partial charge on any atom is 0.251 e. The van der Waals surface area contributed by atoms with Crippen molar-refractivity contribution in [1.29, 1.82) is 0 Å². The number of hydrogen-bond acceptors (Lipinski definition) is 4. The molecule has 0 saturated carbocycles. The Morgan fingerprint density at radius 3 is 2.46 bits per heavy atom. The quantitative estimate of drug-likeness (QED) is 0.554. The van der Waals surface area contributed by atoms with Crippen molar-refractivity contribution in [2.24, 2.45) is 5.41 Å². The molecule has 6 nitrogen and oxygen atoms in total. The van der Waals surface area contributed by atoms with Crippen molar-refractivity contribution in [1.82, 2.24) is 9.80 Å². The van der Waals surface area contributed by atoms with Crippen molar-refractivity contribution in [3.05, 3.63) is 57.6 Å². The van der Waals surface area contributed by atoms with Gasteiger partial charge in [0.05, 0.1) is 0 Å². The number of carbonyl (C=O) groups excluding carboxylic acids is 2. The zero-order valence-corrected chi connectivity index (χ0v) is 22.6. The standard InChI is InChI=1S/C29H41N3O3/c1-9-13-31(8)17-21-10-11-22-12-14-32(28(35)29(5,6)7)25(23(22)16-21)27(34)30-24-15-18(2)26(33)20(4)19(24)3/h10-11,15-16,25,33H,9,12-14,17H2,1-8H3,(H,30,34). The van der Waals surface area contributed by atoms with Gasteiger partial charge in [-0.05, 0) is 86.7 Å². The van der Waals surface area contributed by atoms with E-state index in [0.29, 0.717) is 17.8 Å². The first-order chi connectivity index (χ1) is 16.3. The summed E-state index contributed by atoms with van der Waals surface area (Å²) in [5.41, 5.74) is 5.48. The molecule has 2 aromatic carbocycles. The van der Waals surface area contributed by atoms with Gasteiger partial charge < -0.3 is 20.2 Å². The molecule has 1 unspecified atom stereocenters. The molecule has 190 valence electrons. The number of hydrogen-bond donors (Lipinski definition) is 2. The lowest BCUT2D eigenvalue weighted by Crippen LogP contribution is -2.49. The fourth-order valence-electron chi connectivity index (χ4n) is 4.87. The Kier molecular flexibility index (Phi) is 7.95. The second kappa shape index (κ2) is 10.4. The maximum atomic E-state index is 13.9. The Balaban J connectivity index is 2.05. The Bertz CT molecular complexity index is 1120. The Hall–Kier alpha value is -2.86. The molecule has 0 aromatic heterocycles. The minimum Gasteiger partial charge on any atom is -0.507 e. The van der Waals surface area contributed by atoms with Gasteiger partial charge in [0.2, 0.25) is 5.91 Å². The van der Waals surface area contributed by atoms with E-state index in [-0.39, 0.29) is 17.6 Å². The van der Waals surface area contributed by atoms with Crippen LogP contribution in [0.2, 0.25) is 0 Å². The summed E-state index contributed by atoms with van der Waals surface area (Å²) in [4.78, 5) is 31.4. The molecule has 1 aliphatic heterocycles. The lowest BCUT2D eigenvalue weighted by Gasteiger charge is -2.40. The van der Waals surface area contributed by atoms with Crippen molar-refractivity contribution in [2.75, 3.05) is 25.5 Å². The molecule has 1 heterocycles. The molecule has 0 bridgehead atoms. The van der Waals surface area contributed by atoms with Crippen LogP contribution in [-0.4, -0.2) is 46.9 Å². The van der Waals surface area contributed by atoms with Crippen LogP contribution >= 0.6 is 0 Å². The summed E-state index contributed by atoms with van der Waals surface area (Å²) in [6.45, 7) is 15.7. The minimum atomic E-state index is -0.712. The van der Waals surface area contributed by atoms with Crippen LogP contribution in [-0.2, 0) is 22.6 Å². The van der Waals surface area contributed by atoms with Gasteiger partial charge in [0.15, 0.2) is 0 Å². The van der Waals surface area contributed by atoms with Crippen LogP contribution < -0.4 is 5.32 Å². The Morgan fingerprint density at radius 2 is 1.83 bits per heavy atom. The summed E-state index contributed by atoms with van der Waals surface area (Å²) >= 11 is 0. The van der Waals surface area contributed by atoms with Crippen molar-refractivity contribution >= 4 is 17.5 Å². The molecule has 0 aliphatic carbocycles. The third-order valence-corrected chi connectivity index (χ3v) is 6.96. The van der Waals surface area contributed by atoms with Gasteiger partial charge in [-0.15, -0.1) is 0 Å². The summed E-state index contributed by atoms with van der Waals surface area (Å²) in [6.07, 6.45) is 1.80. The highest BCUT2D eigenvalue weighted by molar-refractivity contribution is 5.99. The normalized spacial score (nSPS) is 15.8. The summed E-state index contributed by atoms with van der Waals surface area (Å²) in [5.74, 6) is -0.0179. The molecule has 6 heteroatoms. The van der Waals surface area contributed by atoms with Crippen LogP contribution in [0.25, 0.3) is 0 Å². The van der Waals surface area contributed by atoms with Gasteiger partial charge in [-0.1, -0.05) is 45.9 Å². The van der Waals surface area contributed by atoms with Crippen LogP contribution in [0.15, 0.2) is 24.3 Å². The van der Waals surface area contributed by atoms with Gasteiger partial charge in [0, 0.05) is 24.2 Å². The average molecular weight is 480 g/mol. The predicted molar refractivity (Wildman–Crippen MR) is 142 cm³/mol. The molecule has 3 rings (SSSR count). The lowest BCUT2D eigenvalue weighted by atomic mass is 9.86. The number of carbonyl (C=O) groups is 2. The predicted octanol–water partition coefficient (Wildman–Crippen LogP) is 5.27. The summed E-state index contributed by atoms with van der Waals surface area (Å²) < 4.78 is 0. The first kappa shape index (κ1) is 26.7. The molecule has 35 heavy (non-hydrogen) atoms. The number of nitrogens with zero attached hydrogens (tertiary/aromatic N) is 2. The fraction of sp³-hybridized carbons (Fsp3) is 0.517. The van der Waals surface area contributed by atoms with Gasteiger partial charge >= 0.3 is 0 Å². The molecule has 1 aliphatic rings. The topological polar surface area (TPSA) is 72.9 Å². The molecule has 2 N–H and O–H groups in total. The Morgan fingerprint density at radius 1 is 1.14 bits per heavy atom. The maximum absolute atomic E-state index is 13.9. The number of rotatable bonds is 6. The van der Waals surface area contributed by atoms with Crippen LogP contribution in [0, 0.1) is 26.2 Å². The molecule has 0 radical (unpaired) electrons. The SMILES string of the molecule is CCCN(C)Cc1ccc2c(c1)C(C(=O)Nc1cc(C)c(O)c(C)c1C)N(C(=O)C(C)(C)C)CC2. The second-order valence-electron chi connectivity index (χ2n) is 11.0. The van der Waals surface area contributed by atoms with Crippen LogP contribution in [0.5, 0.6) is 5.75 Å². The average Bonchev–Trinajstić information content (AvgIpc) is 2.79. The molecule has 2 aromatic rings. The second-order valence-corrected chi connectivity index (χ2v) is 11.0. The number of aryl methyl sites for hydroxylation is 1. The van der Waals surface area contributed by atoms with Gasteiger partial charge in [0.25, 0.3) is 5.91 Å². The molecule has 0 fully saturated rings. The molecule has 0 saturated heterocycles. The van der Waals surface area contributed by atoms with Gasteiger partial charge in [0.1, 0.15) is 11.8 Å². The number of phenols is 1. The van der Waals surface area contributed by atoms with Gasteiger partial charge in [-0.25, -0.2) is 0 Å². The van der Waals surface area contributed by atoms with Gasteiger partial charge in [-0.2, -0.15) is 0 Å². The highest BCUT2D eigenvalue weighted by atomic mass is 16.3. The number of amides is 2. The first-order valence-corrected chi connectivity index (χ1v) is 12.6. The number of benzene rings is 2. The molecule has 1 atom stereocenters. The van der Waals surface area contributed by atoms with E-state index in [1.54, 1.807) is 11.0 Å². The molecule has 2 amide bonds. The van der Waals surface area contributed by atoms with Crippen molar-refractivity contribution in [3.63, 3.8) is 0 Å². The van der Waals surface area contributed by atoms with E-state index < -0.39 is 11.5 Å². The highest BCUT2D eigenvalue weighted by Gasteiger charge is 2.40. The number of phenolic OH excluding ortho intramolecular Hbond substituents is 1. The van der Waals surface area contributed by atoms with Crippen molar-refractivity contribution in [3.8, 4) is 5.75 Å². The monoisotopic (exact) mass is 479 g/mol. The fourth-order valence-corrected chi connectivity index (χ4v) is 4.87. The Labute approximate surface area is 210 Å². The third-order valence-electron chi connectivity index (χ3n) is 6.96. The van der Waals surface area contributed by atoms with E-state index in [9.17, 15) is 14.7 Å². The minimum absolute atomic E-state index is 0.0356. The van der Waals surface area contributed by atoms with Crippen molar-refractivity contribution < 1.29 is 14.7 Å². The molecular weight excluding hydrogens is 438 g/mol. The molecule has 0 spiro atoms. The summed E-state index contributed by atoms with van der Waals surface area (Å²) in [6, 6.07) is 7.44. The summed E-state index contributed by atoms with van der Waals surface area (Å²) in [7, 11) is 2.10. The number of anilines is 1. The third kappa shape index (κ3) is 5.69. The zero-order chi connectivity index (χ0) is 26.1. The van der Waals surface area contributed by atoms with E-state index in [2.05, 4.69) is 42.4 Å². The van der Waals surface area contributed by atoms with Gasteiger partial charge in [-0.3, -0.25) is 9.59 Å². The summed E-state index contributed by atoms with van der Waals surface area (Å²) in [5, 5.41) is 13.4. The highest BCUT2D eigenvalue weighted by Crippen LogP contribution is 2.36. The van der Waals surface area contributed by atoms with E-state index in [0.717, 1.165) is 53.7 Å². The van der Waals surface area contributed by atoms with E-state index >= 15 is 0 Å². The largest absolute Gasteiger partial charge is 0.507 e. The first-order valence-electron chi connectivity index (χ1n) is 12.6. The van der Waals surface area contributed by atoms with E-state index in [1.165, 1.54) is 0 Å². The lowest BCUT2D eigenvalue weighted by molar-refractivity contribution is -0.146. The van der Waals surface area contributed by atoms with Crippen molar-refractivity contribution in [2.45, 2.75) is 73.9 Å². The molecular formula is C29H41N3O3. The van der Waals surface area contributed by atoms with E-state index in [4.69, 9.17) is 0 Å². The van der Waals surface area contributed by atoms with Crippen LogP contribution in [0.1, 0.15) is 73.5 Å². The number of fused-ring (bicyclic) bond motifs is 1. The van der Waals surface area contributed by atoms with Crippen LogP contribution in [0.3, 0.4) is 0 Å². The zero-order valence-electron chi connectivity index (χ0n) is 22.6.